The van der Waals surface area contributed by atoms with Gasteiger partial charge in [0.2, 0.25) is 0 Å². The summed E-state index contributed by atoms with van der Waals surface area (Å²) >= 11 is 0. The van der Waals surface area contributed by atoms with Gasteiger partial charge in [0, 0.05) is 6.04 Å². The zero-order valence-corrected chi connectivity index (χ0v) is 12.8. The van der Waals surface area contributed by atoms with Crippen molar-refractivity contribution >= 4 is 6.09 Å². The normalized spacial score (nSPS) is 13.2. The number of rotatable bonds is 8. The largest absolute Gasteiger partial charge is 0.444 e. The zero-order valence-electron chi connectivity index (χ0n) is 12.8. The van der Waals surface area contributed by atoms with Gasteiger partial charge in [0.1, 0.15) is 5.60 Å². The summed E-state index contributed by atoms with van der Waals surface area (Å²) in [5.41, 5.74) is -0.414. The van der Waals surface area contributed by atoms with E-state index in [2.05, 4.69) is 19.2 Å². The van der Waals surface area contributed by atoms with Gasteiger partial charge in [0.15, 0.2) is 0 Å². The fraction of sp³-hybridized carbons (Fsp3) is 0.933. The van der Waals surface area contributed by atoms with Gasteiger partial charge < -0.3 is 10.1 Å². The van der Waals surface area contributed by atoms with E-state index in [1.54, 1.807) is 0 Å². The van der Waals surface area contributed by atoms with Gasteiger partial charge >= 0.3 is 6.09 Å². The molecule has 0 aliphatic rings. The molecule has 18 heavy (non-hydrogen) atoms. The summed E-state index contributed by atoms with van der Waals surface area (Å²) in [5, 5.41) is 3.01. The van der Waals surface area contributed by atoms with Gasteiger partial charge in [0.05, 0.1) is 0 Å². The lowest BCUT2D eigenvalue weighted by Crippen LogP contribution is -2.39. The van der Waals surface area contributed by atoms with Crippen molar-refractivity contribution in [1.82, 2.24) is 5.32 Å². The first kappa shape index (κ1) is 17.3. The Morgan fingerprint density at radius 3 is 2.11 bits per heavy atom. The maximum absolute atomic E-state index is 11.7. The Morgan fingerprint density at radius 1 is 1.06 bits per heavy atom. The number of ether oxygens (including phenoxy) is 1. The van der Waals surface area contributed by atoms with E-state index in [1.165, 1.54) is 25.7 Å². The molecule has 3 heteroatoms. The molecule has 0 aliphatic carbocycles. The third-order valence-electron chi connectivity index (χ3n) is 2.78. The van der Waals surface area contributed by atoms with Crippen LogP contribution in [0.25, 0.3) is 0 Å². The number of alkyl carbamates (subject to hydrolysis) is 1. The van der Waals surface area contributed by atoms with Crippen LogP contribution in [0, 0.1) is 0 Å². The van der Waals surface area contributed by atoms with Crippen molar-refractivity contribution in [3.63, 3.8) is 0 Å². The molecule has 0 aromatic rings. The maximum Gasteiger partial charge on any atom is 0.407 e. The molecule has 0 bridgehead atoms. The molecule has 0 aromatic carbocycles. The summed E-state index contributed by atoms with van der Waals surface area (Å²) in [6, 6.07) is 0.270. The minimum absolute atomic E-state index is 0.270. The molecule has 0 spiro atoms. The average Bonchev–Trinajstić information content (AvgIpc) is 2.23. The third-order valence-corrected chi connectivity index (χ3v) is 2.78. The molecule has 0 saturated heterocycles. The molecule has 0 saturated carbocycles. The van der Waals surface area contributed by atoms with Gasteiger partial charge in [-0.25, -0.2) is 4.79 Å². The third kappa shape index (κ3) is 10.4. The fourth-order valence-electron chi connectivity index (χ4n) is 1.85. The highest BCUT2D eigenvalue weighted by atomic mass is 16.6. The lowest BCUT2D eigenvalue weighted by molar-refractivity contribution is 0.0498. The van der Waals surface area contributed by atoms with Crippen molar-refractivity contribution in [2.24, 2.45) is 0 Å². The lowest BCUT2D eigenvalue weighted by Gasteiger charge is -2.23. The molecule has 0 aliphatic heterocycles. The number of hydrogen-bond acceptors (Lipinski definition) is 2. The number of unbranched alkanes of at least 4 members (excludes halogenated alkanes) is 3. The molecule has 3 nitrogen and oxygen atoms in total. The van der Waals surface area contributed by atoms with Crippen molar-refractivity contribution in [2.45, 2.75) is 91.2 Å². The summed E-state index contributed by atoms with van der Waals surface area (Å²) < 4.78 is 5.30. The van der Waals surface area contributed by atoms with E-state index in [4.69, 9.17) is 4.74 Å². The SMILES string of the molecule is CCCCCC(CCCC)NC(=O)OC(C)(C)C. The lowest BCUT2D eigenvalue weighted by atomic mass is 10.0. The van der Waals surface area contributed by atoms with Crippen molar-refractivity contribution < 1.29 is 9.53 Å². The van der Waals surface area contributed by atoms with Crippen molar-refractivity contribution in [2.75, 3.05) is 0 Å². The Kier molecular flexibility index (Phi) is 8.86. The van der Waals surface area contributed by atoms with E-state index in [-0.39, 0.29) is 12.1 Å². The van der Waals surface area contributed by atoms with E-state index in [9.17, 15) is 4.79 Å². The molecule has 0 radical (unpaired) electrons. The number of amides is 1. The molecule has 0 aromatic heterocycles. The molecule has 0 fully saturated rings. The predicted molar refractivity (Wildman–Crippen MR) is 76.8 cm³/mol. The Labute approximate surface area is 113 Å². The van der Waals surface area contributed by atoms with Gasteiger partial charge in [-0.15, -0.1) is 0 Å². The number of carbonyl (C=O) groups excluding carboxylic acids is 1. The second-order valence-electron chi connectivity index (χ2n) is 5.98. The first-order chi connectivity index (χ1) is 8.39. The molecular formula is C15H31NO2. The van der Waals surface area contributed by atoms with E-state index < -0.39 is 5.60 Å². The Bertz CT molecular complexity index is 221. The van der Waals surface area contributed by atoms with Crippen LogP contribution in [0.4, 0.5) is 4.79 Å². The fourth-order valence-corrected chi connectivity index (χ4v) is 1.85. The minimum atomic E-state index is -0.414. The molecule has 1 N–H and O–H groups in total. The Balaban J connectivity index is 4.08. The molecule has 1 unspecified atom stereocenters. The smallest absolute Gasteiger partial charge is 0.407 e. The zero-order chi connectivity index (χ0) is 14.0. The van der Waals surface area contributed by atoms with Crippen LogP contribution in [0.1, 0.15) is 79.6 Å². The maximum atomic E-state index is 11.7. The first-order valence-corrected chi connectivity index (χ1v) is 7.38. The summed E-state index contributed by atoms with van der Waals surface area (Å²) in [5.74, 6) is 0. The summed E-state index contributed by atoms with van der Waals surface area (Å²) in [4.78, 5) is 11.7. The highest BCUT2D eigenvalue weighted by molar-refractivity contribution is 5.68. The molecule has 1 amide bonds. The molecular weight excluding hydrogens is 226 g/mol. The van der Waals surface area contributed by atoms with Crippen LogP contribution in [0.5, 0.6) is 0 Å². The van der Waals surface area contributed by atoms with Crippen LogP contribution >= 0.6 is 0 Å². The monoisotopic (exact) mass is 257 g/mol. The second-order valence-corrected chi connectivity index (χ2v) is 5.98. The van der Waals surface area contributed by atoms with Gasteiger partial charge in [-0.05, 0) is 33.6 Å². The van der Waals surface area contributed by atoms with Crippen LogP contribution in [0.2, 0.25) is 0 Å². The molecule has 1 atom stereocenters. The topological polar surface area (TPSA) is 38.3 Å². The average molecular weight is 257 g/mol. The molecule has 108 valence electrons. The quantitative estimate of drug-likeness (QED) is 0.643. The van der Waals surface area contributed by atoms with Crippen LogP contribution in [0.3, 0.4) is 0 Å². The first-order valence-electron chi connectivity index (χ1n) is 7.38. The van der Waals surface area contributed by atoms with Crippen molar-refractivity contribution in [3.8, 4) is 0 Å². The summed E-state index contributed by atoms with van der Waals surface area (Å²) in [6.45, 7) is 10.1. The Hall–Kier alpha value is -0.730. The van der Waals surface area contributed by atoms with E-state index in [0.717, 1.165) is 19.3 Å². The van der Waals surface area contributed by atoms with E-state index >= 15 is 0 Å². The number of hydrogen-bond donors (Lipinski definition) is 1. The van der Waals surface area contributed by atoms with Crippen LogP contribution in [-0.2, 0) is 4.74 Å². The number of carbonyl (C=O) groups is 1. The van der Waals surface area contributed by atoms with Crippen LogP contribution < -0.4 is 5.32 Å². The highest BCUT2D eigenvalue weighted by Gasteiger charge is 2.18. The number of nitrogens with one attached hydrogen (secondary N) is 1. The molecule has 0 heterocycles. The van der Waals surface area contributed by atoms with E-state index in [0.29, 0.717) is 0 Å². The second kappa shape index (κ2) is 9.23. The summed E-state index contributed by atoms with van der Waals surface area (Å²) in [7, 11) is 0. The van der Waals surface area contributed by atoms with Crippen LogP contribution in [0.15, 0.2) is 0 Å². The predicted octanol–water partition coefficient (Wildman–Crippen LogP) is 4.65. The standard InChI is InChI=1S/C15H31NO2/c1-6-8-10-12-13(11-9-7-2)16-14(17)18-15(3,4)5/h13H,6-12H2,1-5H3,(H,16,17). The van der Waals surface area contributed by atoms with Crippen LogP contribution in [-0.4, -0.2) is 17.7 Å². The van der Waals surface area contributed by atoms with Gasteiger partial charge in [-0.1, -0.05) is 46.0 Å². The van der Waals surface area contributed by atoms with Crippen molar-refractivity contribution in [1.29, 1.82) is 0 Å². The minimum Gasteiger partial charge on any atom is -0.444 e. The Morgan fingerprint density at radius 2 is 1.61 bits per heavy atom. The van der Waals surface area contributed by atoms with Gasteiger partial charge in [-0.3, -0.25) is 0 Å². The van der Waals surface area contributed by atoms with Gasteiger partial charge in [0.25, 0.3) is 0 Å². The molecule has 0 rings (SSSR count). The van der Waals surface area contributed by atoms with Crippen molar-refractivity contribution in [3.05, 3.63) is 0 Å². The summed E-state index contributed by atoms with van der Waals surface area (Å²) in [6.07, 6.45) is 7.80. The van der Waals surface area contributed by atoms with E-state index in [1.807, 2.05) is 20.8 Å². The van der Waals surface area contributed by atoms with Gasteiger partial charge in [-0.2, -0.15) is 0 Å². The highest BCUT2D eigenvalue weighted by Crippen LogP contribution is 2.12.